The molecule has 0 bridgehead atoms. The summed E-state index contributed by atoms with van der Waals surface area (Å²) < 4.78 is 1.68. The summed E-state index contributed by atoms with van der Waals surface area (Å²) in [5.74, 6) is -0.576. The first kappa shape index (κ1) is 13.5. The number of hydrogen-bond acceptors (Lipinski definition) is 3. The van der Waals surface area contributed by atoms with E-state index in [2.05, 4.69) is 5.10 Å². The summed E-state index contributed by atoms with van der Waals surface area (Å²) in [5.41, 5.74) is 5.68. The standard InChI is InChI=1S/C13H14ClN3O2/c1-7(2)17-11-5-8(14)3-4-9(11)13(19)10(16-17)6-12(15)18/h3-5,7H,6H2,1-2H3,(H2,15,18). The number of aromatic nitrogens is 2. The minimum atomic E-state index is -0.576. The summed E-state index contributed by atoms with van der Waals surface area (Å²) in [6.07, 6.45) is -0.163. The fourth-order valence-electron chi connectivity index (χ4n) is 1.95. The summed E-state index contributed by atoms with van der Waals surface area (Å²) in [5, 5.41) is 5.25. The van der Waals surface area contributed by atoms with Crippen molar-refractivity contribution in [3.05, 3.63) is 39.1 Å². The minimum absolute atomic E-state index is 0.0354. The number of primary amides is 1. The van der Waals surface area contributed by atoms with Gasteiger partial charge in [-0.2, -0.15) is 5.10 Å². The van der Waals surface area contributed by atoms with Crippen LogP contribution >= 0.6 is 11.6 Å². The van der Waals surface area contributed by atoms with Crippen molar-refractivity contribution in [1.29, 1.82) is 0 Å². The van der Waals surface area contributed by atoms with Crippen molar-refractivity contribution in [3.8, 4) is 0 Å². The molecule has 0 aliphatic carbocycles. The van der Waals surface area contributed by atoms with Gasteiger partial charge in [0.25, 0.3) is 0 Å². The molecule has 1 heterocycles. The fraction of sp³-hybridized carbons (Fsp3) is 0.308. The quantitative estimate of drug-likeness (QED) is 0.928. The third kappa shape index (κ3) is 2.61. The molecule has 100 valence electrons. The second-order valence-corrected chi connectivity index (χ2v) is 5.06. The predicted octanol–water partition coefficient (Wildman–Crippen LogP) is 1.66. The Bertz CT molecular complexity index is 707. The Kier molecular flexibility index (Phi) is 3.57. The molecule has 0 radical (unpaired) electrons. The van der Waals surface area contributed by atoms with Gasteiger partial charge in [0.1, 0.15) is 5.69 Å². The third-order valence-corrected chi connectivity index (χ3v) is 3.01. The third-order valence-electron chi connectivity index (χ3n) is 2.77. The van der Waals surface area contributed by atoms with E-state index in [-0.39, 0.29) is 23.6 Å². The largest absolute Gasteiger partial charge is 0.369 e. The van der Waals surface area contributed by atoms with Crippen LogP contribution in [0.15, 0.2) is 23.0 Å². The summed E-state index contributed by atoms with van der Waals surface area (Å²) in [6.45, 7) is 3.87. The lowest BCUT2D eigenvalue weighted by atomic mass is 10.1. The van der Waals surface area contributed by atoms with Crippen molar-refractivity contribution in [2.45, 2.75) is 26.3 Å². The van der Waals surface area contributed by atoms with E-state index in [4.69, 9.17) is 17.3 Å². The molecule has 1 amide bonds. The van der Waals surface area contributed by atoms with Gasteiger partial charge in [-0.15, -0.1) is 0 Å². The molecular formula is C13H14ClN3O2. The minimum Gasteiger partial charge on any atom is -0.369 e. The number of benzene rings is 1. The molecule has 0 atom stereocenters. The Morgan fingerprint density at radius 1 is 1.47 bits per heavy atom. The van der Waals surface area contributed by atoms with E-state index in [9.17, 15) is 9.59 Å². The van der Waals surface area contributed by atoms with Gasteiger partial charge in [-0.3, -0.25) is 14.3 Å². The predicted molar refractivity (Wildman–Crippen MR) is 74.3 cm³/mol. The molecule has 6 heteroatoms. The normalized spacial score (nSPS) is 11.2. The zero-order chi connectivity index (χ0) is 14.2. The number of amides is 1. The van der Waals surface area contributed by atoms with Crippen molar-refractivity contribution in [2.75, 3.05) is 0 Å². The zero-order valence-electron chi connectivity index (χ0n) is 10.7. The van der Waals surface area contributed by atoms with Crippen LogP contribution < -0.4 is 11.2 Å². The monoisotopic (exact) mass is 279 g/mol. The van der Waals surface area contributed by atoms with Gasteiger partial charge in [0.2, 0.25) is 11.3 Å². The molecule has 0 aliphatic rings. The van der Waals surface area contributed by atoms with Crippen LogP contribution in [0.4, 0.5) is 0 Å². The number of nitrogens with two attached hydrogens (primary N) is 1. The fourth-order valence-corrected chi connectivity index (χ4v) is 2.11. The Balaban J connectivity index is 2.82. The van der Waals surface area contributed by atoms with Crippen molar-refractivity contribution in [2.24, 2.45) is 5.73 Å². The van der Waals surface area contributed by atoms with Crippen LogP contribution in [0.3, 0.4) is 0 Å². The molecule has 2 aromatic rings. The van der Waals surface area contributed by atoms with Crippen molar-refractivity contribution in [1.82, 2.24) is 9.78 Å². The first-order valence-corrected chi connectivity index (χ1v) is 6.27. The Morgan fingerprint density at radius 2 is 2.16 bits per heavy atom. The molecule has 0 saturated carbocycles. The van der Waals surface area contributed by atoms with E-state index in [0.717, 1.165) is 0 Å². The average molecular weight is 280 g/mol. The second kappa shape index (κ2) is 5.01. The van der Waals surface area contributed by atoms with Gasteiger partial charge in [-0.1, -0.05) is 11.6 Å². The van der Waals surface area contributed by atoms with Gasteiger partial charge in [0.05, 0.1) is 11.9 Å². The maximum absolute atomic E-state index is 12.2. The molecule has 0 aliphatic heterocycles. The lowest BCUT2D eigenvalue weighted by molar-refractivity contribution is -0.117. The van der Waals surface area contributed by atoms with Gasteiger partial charge in [-0.05, 0) is 32.0 Å². The van der Waals surface area contributed by atoms with E-state index < -0.39 is 5.91 Å². The van der Waals surface area contributed by atoms with Gasteiger partial charge in [0, 0.05) is 16.5 Å². The summed E-state index contributed by atoms with van der Waals surface area (Å²) in [6, 6.07) is 5.02. The summed E-state index contributed by atoms with van der Waals surface area (Å²) in [4.78, 5) is 23.2. The van der Waals surface area contributed by atoms with Crippen LogP contribution in [-0.2, 0) is 11.2 Å². The number of nitrogens with zero attached hydrogens (tertiary/aromatic N) is 2. The number of carbonyl (C=O) groups excluding carboxylic acids is 1. The van der Waals surface area contributed by atoms with Crippen LogP contribution in [0.1, 0.15) is 25.6 Å². The molecule has 0 spiro atoms. The van der Waals surface area contributed by atoms with Crippen LogP contribution in [-0.4, -0.2) is 15.7 Å². The molecule has 1 aromatic carbocycles. The Morgan fingerprint density at radius 3 is 2.74 bits per heavy atom. The highest BCUT2D eigenvalue weighted by Crippen LogP contribution is 2.19. The molecular weight excluding hydrogens is 266 g/mol. The Labute approximate surface area is 115 Å². The maximum atomic E-state index is 12.2. The number of hydrogen-bond donors (Lipinski definition) is 1. The first-order valence-electron chi connectivity index (χ1n) is 5.89. The summed E-state index contributed by atoms with van der Waals surface area (Å²) in [7, 11) is 0. The number of carbonyl (C=O) groups is 1. The molecule has 1 aromatic heterocycles. The second-order valence-electron chi connectivity index (χ2n) is 4.62. The highest BCUT2D eigenvalue weighted by atomic mass is 35.5. The average Bonchev–Trinajstić information content (AvgIpc) is 2.31. The van der Waals surface area contributed by atoms with Crippen molar-refractivity contribution >= 4 is 28.4 Å². The van der Waals surface area contributed by atoms with Gasteiger partial charge < -0.3 is 5.73 Å². The maximum Gasteiger partial charge on any atom is 0.223 e. The topological polar surface area (TPSA) is 78.0 Å². The molecule has 0 fully saturated rings. The Hall–Kier alpha value is -1.88. The lowest BCUT2D eigenvalue weighted by Crippen LogP contribution is -2.25. The molecule has 5 nitrogen and oxygen atoms in total. The number of fused-ring (bicyclic) bond motifs is 1. The lowest BCUT2D eigenvalue weighted by Gasteiger charge is -2.15. The van der Waals surface area contributed by atoms with Gasteiger partial charge in [0.15, 0.2) is 0 Å². The van der Waals surface area contributed by atoms with E-state index in [1.165, 1.54) is 0 Å². The summed E-state index contributed by atoms with van der Waals surface area (Å²) >= 11 is 5.95. The highest BCUT2D eigenvalue weighted by molar-refractivity contribution is 6.31. The van der Waals surface area contributed by atoms with E-state index in [0.29, 0.717) is 15.9 Å². The van der Waals surface area contributed by atoms with Crippen LogP contribution in [0.25, 0.3) is 10.9 Å². The molecule has 2 rings (SSSR count). The van der Waals surface area contributed by atoms with Crippen molar-refractivity contribution < 1.29 is 4.79 Å². The van der Waals surface area contributed by atoms with Crippen LogP contribution in [0, 0.1) is 0 Å². The zero-order valence-corrected chi connectivity index (χ0v) is 11.4. The SMILES string of the molecule is CC(C)n1nc(CC(N)=O)c(=O)c2ccc(Cl)cc21. The molecule has 19 heavy (non-hydrogen) atoms. The van der Waals surface area contributed by atoms with Gasteiger partial charge in [-0.25, -0.2) is 0 Å². The first-order chi connectivity index (χ1) is 8.90. The van der Waals surface area contributed by atoms with E-state index >= 15 is 0 Å². The van der Waals surface area contributed by atoms with Crippen LogP contribution in [0.5, 0.6) is 0 Å². The van der Waals surface area contributed by atoms with Gasteiger partial charge >= 0.3 is 0 Å². The smallest absolute Gasteiger partial charge is 0.223 e. The van der Waals surface area contributed by atoms with E-state index in [1.807, 2.05) is 13.8 Å². The number of halogens is 1. The van der Waals surface area contributed by atoms with Crippen LogP contribution in [0.2, 0.25) is 5.02 Å². The highest BCUT2D eigenvalue weighted by Gasteiger charge is 2.14. The molecule has 0 unspecified atom stereocenters. The molecule has 2 N–H and O–H groups in total. The van der Waals surface area contributed by atoms with Crippen molar-refractivity contribution in [3.63, 3.8) is 0 Å². The van der Waals surface area contributed by atoms with E-state index in [1.54, 1.807) is 22.9 Å². The number of rotatable bonds is 3. The molecule has 0 saturated heterocycles.